The summed E-state index contributed by atoms with van der Waals surface area (Å²) in [6, 6.07) is 0.699. The quantitative estimate of drug-likeness (QED) is 0.888. The summed E-state index contributed by atoms with van der Waals surface area (Å²) in [7, 11) is 4.33. The predicted molar refractivity (Wildman–Crippen MR) is 73.6 cm³/mol. The van der Waals surface area contributed by atoms with Crippen LogP contribution in [0.15, 0.2) is 5.38 Å². The molecular formula is C12H22N4S. The summed E-state index contributed by atoms with van der Waals surface area (Å²) in [5, 5.41) is 3.15. The maximum atomic E-state index is 5.83. The lowest BCUT2D eigenvalue weighted by Crippen LogP contribution is -2.36. The Morgan fingerprint density at radius 3 is 3.00 bits per heavy atom. The molecule has 1 aliphatic rings. The fraction of sp³-hybridized carbons (Fsp3) is 0.750. The molecule has 0 amide bonds. The van der Waals surface area contributed by atoms with E-state index in [1.807, 2.05) is 6.92 Å². The van der Waals surface area contributed by atoms with Crippen molar-refractivity contribution in [2.45, 2.75) is 31.8 Å². The van der Waals surface area contributed by atoms with Crippen LogP contribution < -0.4 is 10.6 Å². The molecule has 0 aliphatic carbocycles. The summed E-state index contributed by atoms with van der Waals surface area (Å²) >= 11 is 1.69. The van der Waals surface area contributed by atoms with E-state index >= 15 is 0 Å². The lowest BCUT2D eigenvalue weighted by molar-refractivity contribution is 0.314. The van der Waals surface area contributed by atoms with E-state index in [-0.39, 0.29) is 6.04 Å². The first kappa shape index (κ1) is 12.8. The topological polar surface area (TPSA) is 45.4 Å². The van der Waals surface area contributed by atoms with E-state index < -0.39 is 0 Å². The fourth-order valence-corrected chi connectivity index (χ4v) is 3.17. The minimum atomic E-state index is 0.0301. The van der Waals surface area contributed by atoms with Crippen LogP contribution in [0.2, 0.25) is 0 Å². The van der Waals surface area contributed by atoms with Crippen molar-refractivity contribution in [3.63, 3.8) is 0 Å². The Morgan fingerprint density at radius 1 is 1.71 bits per heavy atom. The van der Waals surface area contributed by atoms with Crippen LogP contribution in [0.4, 0.5) is 5.13 Å². The van der Waals surface area contributed by atoms with Crippen LogP contribution in [-0.2, 0) is 0 Å². The summed E-state index contributed by atoms with van der Waals surface area (Å²) in [5.41, 5.74) is 6.83. The van der Waals surface area contributed by atoms with Gasteiger partial charge in [-0.3, -0.25) is 0 Å². The van der Waals surface area contributed by atoms with Crippen molar-refractivity contribution in [3.8, 4) is 0 Å². The highest BCUT2D eigenvalue weighted by atomic mass is 32.1. The first-order chi connectivity index (χ1) is 8.08. The molecule has 1 fully saturated rings. The van der Waals surface area contributed by atoms with Crippen LogP contribution >= 0.6 is 11.3 Å². The van der Waals surface area contributed by atoms with E-state index in [4.69, 9.17) is 5.73 Å². The van der Waals surface area contributed by atoms with Gasteiger partial charge in [-0.1, -0.05) is 0 Å². The van der Waals surface area contributed by atoms with Gasteiger partial charge in [0.1, 0.15) is 0 Å². The second-order valence-electron chi connectivity index (χ2n) is 5.00. The number of hydrogen-bond acceptors (Lipinski definition) is 5. The fourth-order valence-electron chi connectivity index (χ4n) is 2.26. The number of thiazole rings is 1. The molecule has 96 valence electrons. The van der Waals surface area contributed by atoms with Crippen molar-refractivity contribution in [1.82, 2.24) is 9.88 Å². The van der Waals surface area contributed by atoms with Gasteiger partial charge >= 0.3 is 0 Å². The molecular weight excluding hydrogens is 232 g/mol. The highest BCUT2D eigenvalue weighted by Gasteiger charge is 2.23. The molecule has 1 aromatic heterocycles. The number of likely N-dealkylation sites (N-methyl/N-ethyl adjacent to an activating group) is 2. The standard InChI is InChI=1S/C12H22N4S/c1-9(13)11-8-17-12(14-11)16(3)7-10-5-4-6-15(10)2/h8-10H,4-7,13H2,1-3H3. The molecule has 2 heterocycles. The summed E-state index contributed by atoms with van der Waals surface area (Å²) in [6.45, 7) is 4.26. The first-order valence-electron chi connectivity index (χ1n) is 6.20. The minimum Gasteiger partial charge on any atom is -0.350 e. The molecule has 0 spiro atoms. The lowest BCUT2D eigenvalue weighted by Gasteiger charge is -2.25. The molecule has 2 atom stereocenters. The van der Waals surface area contributed by atoms with Crippen LogP contribution in [0.1, 0.15) is 31.5 Å². The summed E-state index contributed by atoms with van der Waals surface area (Å²) in [6.07, 6.45) is 2.62. The molecule has 2 unspecified atom stereocenters. The van der Waals surface area contributed by atoms with Gasteiger partial charge in [-0.15, -0.1) is 11.3 Å². The third-order valence-electron chi connectivity index (χ3n) is 3.46. The zero-order valence-electron chi connectivity index (χ0n) is 10.9. The molecule has 0 aromatic carbocycles. The van der Waals surface area contributed by atoms with E-state index in [0.29, 0.717) is 6.04 Å². The number of rotatable bonds is 4. The maximum absolute atomic E-state index is 5.83. The van der Waals surface area contributed by atoms with Crippen LogP contribution in [0.3, 0.4) is 0 Å². The van der Waals surface area contributed by atoms with Gasteiger partial charge in [0, 0.05) is 31.1 Å². The molecule has 1 aliphatic heterocycles. The Balaban J connectivity index is 1.96. The molecule has 4 nitrogen and oxygen atoms in total. The number of nitrogens with zero attached hydrogens (tertiary/aromatic N) is 3. The van der Waals surface area contributed by atoms with Gasteiger partial charge < -0.3 is 15.5 Å². The van der Waals surface area contributed by atoms with E-state index in [9.17, 15) is 0 Å². The van der Waals surface area contributed by atoms with Crippen molar-refractivity contribution in [1.29, 1.82) is 0 Å². The highest BCUT2D eigenvalue weighted by molar-refractivity contribution is 7.13. The predicted octanol–water partition coefficient (Wildman–Crippen LogP) is 1.69. The average molecular weight is 254 g/mol. The Kier molecular flexibility index (Phi) is 4.01. The van der Waals surface area contributed by atoms with Crippen LogP contribution in [0.5, 0.6) is 0 Å². The molecule has 1 saturated heterocycles. The third kappa shape index (κ3) is 2.97. The molecule has 0 radical (unpaired) electrons. The number of anilines is 1. The number of aromatic nitrogens is 1. The summed E-state index contributed by atoms with van der Waals surface area (Å²) in [5.74, 6) is 0. The minimum absolute atomic E-state index is 0.0301. The van der Waals surface area contributed by atoms with Crippen LogP contribution in [-0.4, -0.2) is 43.1 Å². The molecule has 5 heteroatoms. The lowest BCUT2D eigenvalue weighted by atomic mass is 10.2. The zero-order valence-corrected chi connectivity index (χ0v) is 11.7. The number of nitrogens with two attached hydrogens (primary N) is 1. The van der Waals surface area contributed by atoms with E-state index in [0.717, 1.165) is 17.4 Å². The monoisotopic (exact) mass is 254 g/mol. The SMILES string of the molecule is CC(N)c1csc(N(C)CC2CCCN2C)n1. The van der Waals surface area contributed by atoms with E-state index in [1.165, 1.54) is 19.4 Å². The van der Waals surface area contributed by atoms with Gasteiger partial charge in [0.25, 0.3) is 0 Å². The number of likely N-dealkylation sites (tertiary alicyclic amines) is 1. The second-order valence-corrected chi connectivity index (χ2v) is 5.84. The normalized spacial score (nSPS) is 22.9. The van der Waals surface area contributed by atoms with Crippen molar-refractivity contribution in [3.05, 3.63) is 11.1 Å². The molecule has 2 N–H and O–H groups in total. The zero-order chi connectivity index (χ0) is 12.4. The molecule has 17 heavy (non-hydrogen) atoms. The first-order valence-corrected chi connectivity index (χ1v) is 7.08. The Labute approximate surface area is 107 Å². The van der Waals surface area contributed by atoms with E-state index in [2.05, 4.69) is 34.3 Å². The van der Waals surface area contributed by atoms with Crippen molar-refractivity contribution in [2.24, 2.45) is 5.73 Å². The van der Waals surface area contributed by atoms with Gasteiger partial charge in [0.2, 0.25) is 0 Å². The maximum Gasteiger partial charge on any atom is 0.185 e. The molecule has 0 bridgehead atoms. The molecule has 1 aromatic rings. The average Bonchev–Trinajstić information content (AvgIpc) is 2.88. The summed E-state index contributed by atoms with van der Waals surface area (Å²) in [4.78, 5) is 9.27. The smallest absolute Gasteiger partial charge is 0.185 e. The highest BCUT2D eigenvalue weighted by Crippen LogP contribution is 2.24. The van der Waals surface area contributed by atoms with Crippen LogP contribution in [0.25, 0.3) is 0 Å². The third-order valence-corrected chi connectivity index (χ3v) is 4.43. The van der Waals surface area contributed by atoms with Gasteiger partial charge in [-0.05, 0) is 33.4 Å². The Bertz CT molecular complexity index is 363. The Morgan fingerprint density at radius 2 is 2.47 bits per heavy atom. The summed E-state index contributed by atoms with van der Waals surface area (Å²) < 4.78 is 0. The number of hydrogen-bond donors (Lipinski definition) is 1. The van der Waals surface area contributed by atoms with Gasteiger partial charge in [0.15, 0.2) is 5.13 Å². The van der Waals surface area contributed by atoms with Gasteiger partial charge in [0.05, 0.1) is 5.69 Å². The van der Waals surface area contributed by atoms with Crippen molar-refractivity contribution >= 4 is 16.5 Å². The molecule has 2 rings (SSSR count). The Hall–Kier alpha value is -0.650. The van der Waals surface area contributed by atoms with Crippen molar-refractivity contribution < 1.29 is 0 Å². The van der Waals surface area contributed by atoms with Crippen LogP contribution in [0, 0.1) is 0 Å². The second kappa shape index (κ2) is 5.33. The largest absolute Gasteiger partial charge is 0.350 e. The van der Waals surface area contributed by atoms with Gasteiger partial charge in [-0.2, -0.15) is 0 Å². The van der Waals surface area contributed by atoms with Crippen molar-refractivity contribution in [2.75, 3.05) is 32.1 Å². The van der Waals surface area contributed by atoms with E-state index in [1.54, 1.807) is 11.3 Å². The van der Waals surface area contributed by atoms with Gasteiger partial charge in [-0.25, -0.2) is 4.98 Å². The molecule has 0 saturated carbocycles.